The molecule has 0 saturated heterocycles. The Morgan fingerprint density at radius 2 is 1.42 bits per heavy atom. The SMILES string of the molecule is Cc1ccc(C)c(N(CC(=O)N(Cc2ccc(Cl)cc2)[C@@H](Cc2ccccc2)C(=O)NC(C)(C)C)S(=O)(=O)c2ccccc2)c1. The number of halogens is 1. The third-order valence-electron chi connectivity index (χ3n) is 7.28. The Bertz CT molecular complexity index is 1720. The maximum absolute atomic E-state index is 14.6. The molecular formula is C36H40ClN3O4S. The highest BCUT2D eigenvalue weighted by atomic mass is 35.5. The van der Waals surface area contributed by atoms with Crippen molar-refractivity contribution in [2.75, 3.05) is 10.8 Å². The summed E-state index contributed by atoms with van der Waals surface area (Å²) < 4.78 is 29.5. The van der Waals surface area contributed by atoms with E-state index in [1.165, 1.54) is 17.0 Å². The molecule has 45 heavy (non-hydrogen) atoms. The molecule has 0 radical (unpaired) electrons. The van der Waals surface area contributed by atoms with Gasteiger partial charge in [-0.15, -0.1) is 0 Å². The number of nitrogens with one attached hydrogen (secondary N) is 1. The Morgan fingerprint density at radius 1 is 0.822 bits per heavy atom. The standard InChI is InChI=1S/C36H40ClN3O4S/c1-26-16-17-27(2)32(22-26)40(45(43,44)31-14-10-7-11-15-31)25-34(41)39(24-29-18-20-30(37)21-19-29)33(35(42)38-36(3,4)5)23-28-12-8-6-9-13-28/h6-22,33H,23-25H2,1-5H3,(H,38,42)/t33-/m0/s1. The van der Waals surface area contributed by atoms with Crippen LogP contribution in [0.15, 0.2) is 108 Å². The van der Waals surface area contributed by atoms with Crippen molar-refractivity contribution in [1.29, 1.82) is 0 Å². The van der Waals surface area contributed by atoms with Gasteiger partial charge in [-0.25, -0.2) is 8.42 Å². The van der Waals surface area contributed by atoms with Crippen LogP contribution in [0.25, 0.3) is 0 Å². The first kappa shape index (κ1) is 33.7. The number of benzene rings is 4. The highest BCUT2D eigenvalue weighted by Gasteiger charge is 2.36. The van der Waals surface area contributed by atoms with Crippen LogP contribution in [0, 0.1) is 13.8 Å². The lowest BCUT2D eigenvalue weighted by Crippen LogP contribution is -2.56. The first-order valence-electron chi connectivity index (χ1n) is 14.8. The molecule has 1 atom stereocenters. The smallest absolute Gasteiger partial charge is 0.264 e. The molecule has 0 aliphatic heterocycles. The number of hydrogen-bond donors (Lipinski definition) is 1. The molecule has 0 saturated carbocycles. The number of rotatable bonds is 11. The normalized spacial score (nSPS) is 12.3. The van der Waals surface area contributed by atoms with E-state index in [0.717, 1.165) is 21.0 Å². The van der Waals surface area contributed by atoms with E-state index in [-0.39, 0.29) is 23.8 Å². The number of anilines is 1. The average molecular weight is 646 g/mol. The Kier molecular flexibility index (Phi) is 10.7. The van der Waals surface area contributed by atoms with Crippen LogP contribution in [0.5, 0.6) is 0 Å². The van der Waals surface area contributed by atoms with Crippen LogP contribution in [0.3, 0.4) is 0 Å². The molecule has 1 N–H and O–H groups in total. The number of sulfonamides is 1. The van der Waals surface area contributed by atoms with Gasteiger partial charge < -0.3 is 10.2 Å². The number of nitrogens with zero attached hydrogens (tertiary/aromatic N) is 2. The molecule has 7 nitrogen and oxygen atoms in total. The van der Waals surface area contributed by atoms with Crippen molar-refractivity contribution < 1.29 is 18.0 Å². The summed E-state index contributed by atoms with van der Waals surface area (Å²) in [6.45, 7) is 8.88. The predicted octanol–water partition coefficient (Wildman–Crippen LogP) is 6.71. The van der Waals surface area contributed by atoms with Crippen LogP contribution >= 0.6 is 11.6 Å². The molecule has 0 bridgehead atoms. The lowest BCUT2D eigenvalue weighted by molar-refractivity contribution is -0.140. The number of carbonyl (C=O) groups is 2. The lowest BCUT2D eigenvalue weighted by atomic mass is 10.0. The maximum Gasteiger partial charge on any atom is 0.264 e. The van der Waals surface area contributed by atoms with E-state index in [0.29, 0.717) is 16.3 Å². The molecule has 4 rings (SSSR count). The lowest BCUT2D eigenvalue weighted by Gasteiger charge is -2.35. The minimum absolute atomic E-state index is 0.0641. The predicted molar refractivity (Wildman–Crippen MR) is 181 cm³/mol. The maximum atomic E-state index is 14.6. The van der Waals surface area contributed by atoms with Gasteiger partial charge in [0, 0.05) is 23.5 Å². The van der Waals surface area contributed by atoms with Gasteiger partial charge in [0.25, 0.3) is 10.0 Å². The summed E-state index contributed by atoms with van der Waals surface area (Å²) in [5.41, 5.74) is 2.99. The van der Waals surface area contributed by atoms with E-state index in [4.69, 9.17) is 11.6 Å². The fraction of sp³-hybridized carbons (Fsp3) is 0.278. The average Bonchev–Trinajstić information content (AvgIpc) is 3.00. The summed E-state index contributed by atoms with van der Waals surface area (Å²) in [6, 6.07) is 29.1. The van der Waals surface area contributed by atoms with Gasteiger partial charge in [0.2, 0.25) is 11.8 Å². The summed E-state index contributed by atoms with van der Waals surface area (Å²) in [7, 11) is -4.17. The van der Waals surface area contributed by atoms with E-state index in [1.54, 1.807) is 48.5 Å². The zero-order valence-electron chi connectivity index (χ0n) is 26.3. The molecule has 0 heterocycles. The molecule has 9 heteroatoms. The van der Waals surface area contributed by atoms with Crippen molar-refractivity contribution in [1.82, 2.24) is 10.2 Å². The van der Waals surface area contributed by atoms with Crippen LogP contribution in [-0.2, 0) is 32.6 Å². The van der Waals surface area contributed by atoms with Crippen molar-refractivity contribution in [3.63, 3.8) is 0 Å². The second-order valence-electron chi connectivity index (χ2n) is 12.2. The van der Waals surface area contributed by atoms with Crippen LogP contribution < -0.4 is 9.62 Å². The second-order valence-corrected chi connectivity index (χ2v) is 14.5. The van der Waals surface area contributed by atoms with Gasteiger partial charge in [0.1, 0.15) is 12.6 Å². The zero-order valence-corrected chi connectivity index (χ0v) is 27.9. The number of hydrogen-bond acceptors (Lipinski definition) is 4. The first-order valence-corrected chi connectivity index (χ1v) is 16.6. The van der Waals surface area contributed by atoms with E-state index in [1.807, 2.05) is 77.1 Å². The molecule has 0 spiro atoms. The van der Waals surface area contributed by atoms with Gasteiger partial charge in [0.15, 0.2) is 0 Å². The van der Waals surface area contributed by atoms with Crippen LogP contribution in [0.4, 0.5) is 5.69 Å². The minimum atomic E-state index is -4.17. The molecule has 236 valence electrons. The van der Waals surface area contributed by atoms with Gasteiger partial charge in [-0.1, -0.05) is 84.4 Å². The summed E-state index contributed by atoms with van der Waals surface area (Å²) in [5, 5.41) is 3.58. The first-order chi connectivity index (χ1) is 21.2. The van der Waals surface area contributed by atoms with Crippen LogP contribution in [0.1, 0.15) is 43.0 Å². The van der Waals surface area contributed by atoms with Crippen molar-refractivity contribution in [3.8, 4) is 0 Å². The second kappa shape index (κ2) is 14.3. The Labute approximate surface area is 271 Å². The fourth-order valence-electron chi connectivity index (χ4n) is 5.01. The fourth-order valence-corrected chi connectivity index (χ4v) is 6.63. The van der Waals surface area contributed by atoms with Crippen molar-refractivity contribution in [2.45, 2.75) is 64.1 Å². The topological polar surface area (TPSA) is 86.8 Å². The highest BCUT2D eigenvalue weighted by Crippen LogP contribution is 2.29. The van der Waals surface area contributed by atoms with E-state index < -0.39 is 34.1 Å². The molecule has 0 aromatic heterocycles. The summed E-state index contributed by atoms with van der Waals surface area (Å²) in [6.07, 6.45) is 0.233. The van der Waals surface area contributed by atoms with Gasteiger partial charge >= 0.3 is 0 Å². The number of carbonyl (C=O) groups excluding carboxylic acids is 2. The molecule has 4 aromatic rings. The van der Waals surface area contributed by atoms with Crippen molar-refractivity contribution >= 4 is 39.1 Å². The zero-order chi connectivity index (χ0) is 32.8. The van der Waals surface area contributed by atoms with Crippen molar-refractivity contribution in [3.05, 3.63) is 130 Å². The monoisotopic (exact) mass is 645 g/mol. The molecule has 0 fully saturated rings. The molecule has 2 amide bonds. The van der Waals surface area contributed by atoms with Crippen molar-refractivity contribution in [2.24, 2.45) is 0 Å². The number of amides is 2. The van der Waals surface area contributed by atoms with Crippen LogP contribution in [0.2, 0.25) is 5.02 Å². The molecule has 0 unspecified atom stereocenters. The van der Waals surface area contributed by atoms with E-state index >= 15 is 0 Å². The Balaban J connectivity index is 1.84. The third kappa shape index (κ3) is 8.96. The number of aryl methyl sites for hydroxylation is 2. The van der Waals surface area contributed by atoms with Gasteiger partial charge in [-0.3, -0.25) is 13.9 Å². The van der Waals surface area contributed by atoms with Gasteiger partial charge in [0.05, 0.1) is 10.6 Å². The molecular weight excluding hydrogens is 606 g/mol. The highest BCUT2D eigenvalue weighted by molar-refractivity contribution is 7.92. The minimum Gasteiger partial charge on any atom is -0.350 e. The Hall–Kier alpha value is -4.14. The third-order valence-corrected chi connectivity index (χ3v) is 9.30. The largest absolute Gasteiger partial charge is 0.350 e. The summed E-state index contributed by atoms with van der Waals surface area (Å²) >= 11 is 6.16. The summed E-state index contributed by atoms with van der Waals surface area (Å²) in [5.74, 6) is -0.853. The Morgan fingerprint density at radius 3 is 2.02 bits per heavy atom. The van der Waals surface area contributed by atoms with Gasteiger partial charge in [-0.2, -0.15) is 0 Å². The van der Waals surface area contributed by atoms with E-state index in [2.05, 4.69) is 5.32 Å². The molecule has 0 aliphatic rings. The van der Waals surface area contributed by atoms with Crippen LogP contribution in [-0.4, -0.2) is 43.3 Å². The quantitative estimate of drug-likeness (QED) is 0.197. The van der Waals surface area contributed by atoms with Gasteiger partial charge in [-0.05, 0) is 87.2 Å². The van der Waals surface area contributed by atoms with E-state index in [9.17, 15) is 18.0 Å². The summed E-state index contributed by atoms with van der Waals surface area (Å²) in [4.78, 5) is 30.1. The molecule has 4 aromatic carbocycles. The molecule has 0 aliphatic carbocycles.